The van der Waals surface area contributed by atoms with E-state index in [9.17, 15) is 14.4 Å². The largest absolute Gasteiger partial charge is 0.467 e. The Morgan fingerprint density at radius 3 is 2.65 bits per heavy atom. The number of amides is 2. The highest BCUT2D eigenvalue weighted by atomic mass is 16.5. The van der Waals surface area contributed by atoms with Crippen LogP contribution in [-0.4, -0.2) is 37.0 Å². The number of hydrogen-bond acceptors (Lipinski definition) is 4. The molecule has 6 nitrogen and oxygen atoms in total. The van der Waals surface area contributed by atoms with Crippen molar-refractivity contribution in [2.24, 2.45) is 0 Å². The smallest absolute Gasteiger partial charge is 0.328 e. The SMILES string of the molecule is COC(=O)[C@@H](Cc1ccc(C)c(C)c1)NC(=O)[C@@H]1CCC(=O)N1. The molecule has 0 aromatic heterocycles. The van der Waals surface area contributed by atoms with E-state index in [4.69, 9.17) is 4.74 Å². The lowest BCUT2D eigenvalue weighted by Crippen LogP contribution is -2.50. The van der Waals surface area contributed by atoms with Gasteiger partial charge < -0.3 is 15.4 Å². The first kappa shape index (κ1) is 17.0. The van der Waals surface area contributed by atoms with Gasteiger partial charge in [0.05, 0.1) is 7.11 Å². The molecule has 6 heteroatoms. The van der Waals surface area contributed by atoms with Crippen molar-refractivity contribution in [1.29, 1.82) is 0 Å². The number of carbonyl (C=O) groups is 3. The van der Waals surface area contributed by atoms with Gasteiger partial charge in [-0.1, -0.05) is 18.2 Å². The standard InChI is InChI=1S/C17H22N2O4/c1-10-4-5-12(8-11(10)2)9-14(17(22)23-3)19-16(21)13-6-7-15(20)18-13/h4-5,8,13-14H,6-7,9H2,1-3H3,(H,18,20)(H,19,21)/t13-,14+/m0/s1. The number of ether oxygens (including phenoxy) is 1. The van der Waals surface area contributed by atoms with Crippen LogP contribution in [0, 0.1) is 13.8 Å². The number of hydrogen-bond donors (Lipinski definition) is 2. The first-order valence-electron chi connectivity index (χ1n) is 7.64. The quantitative estimate of drug-likeness (QED) is 0.786. The number of nitrogens with one attached hydrogen (secondary N) is 2. The third-order valence-electron chi connectivity index (χ3n) is 4.13. The minimum Gasteiger partial charge on any atom is -0.467 e. The summed E-state index contributed by atoms with van der Waals surface area (Å²) in [6.07, 6.45) is 1.13. The highest BCUT2D eigenvalue weighted by molar-refractivity contribution is 5.93. The number of benzene rings is 1. The minimum atomic E-state index is -0.771. The molecule has 2 atom stereocenters. The van der Waals surface area contributed by atoms with Crippen molar-refractivity contribution >= 4 is 17.8 Å². The van der Waals surface area contributed by atoms with Crippen LogP contribution in [0.3, 0.4) is 0 Å². The molecule has 0 bridgehead atoms. The molecule has 0 aliphatic carbocycles. The molecular weight excluding hydrogens is 296 g/mol. The average Bonchev–Trinajstić information content (AvgIpc) is 2.96. The third-order valence-corrected chi connectivity index (χ3v) is 4.13. The van der Waals surface area contributed by atoms with Crippen molar-refractivity contribution in [2.45, 2.75) is 45.2 Å². The van der Waals surface area contributed by atoms with Crippen molar-refractivity contribution in [3.05, 3.63) is 34.9 Å². The Hall–Kier alpha value is -2.37. The minimum absolute atomic E-state index is 0.145. The number of aryl methyl sites for hydroxylation is 2. The summed E-state index contributed by atoms with van der Waals surface area (Å²) in [7, 11) is 1.29. The van der Waals surface area contributed by atoms with Gasteiger partial charge in [-0.15, -0.1) is 0 Å². The second-order valence-corrected chi connectivity index (χ2v) is 5.87. The van der Waals surface area contributed by atoms with Gasteiger partial charge in [0.15, 0.2) is 0 Å². The molecule has 2 rings (SSSR count). The molecule has 2 N–H and O–H groups in total. The molecule has 1 heterocycles. The summed E-state index contributed by atoms with van der Waals surface area (Å²) >= 11 is 0. The van der Waals surface area contributed by atoms with E-state index >= 15 is 0 Å². The lowest BCUT2D eigenvalue weighted by atomic mass is 10.0. The second-order valence-electron chi connectivity index (χ2n) is 5.87. The molecule has 0 unspecified atom stereocenters. The molecule has 1 aliphatic heterocycles. The van der Waals surface area contributed by atoms with Crippen molar-refractivity contribution < 1.29 is 19.1 Å². The summed E-state index contributed by atoms with van der Waals surface area (Å²) in [5.74, 6) is -0.995. The van der Waals surface area contributed by atoms with E-state index in [-0.39, 0.29) is 11.8 Å². The summed E-state index contributed by atoms with van der Waals surface area (Å²) in [6.45, 7) is 4.01. The maximum absolute atomic E-state index is 12.2. The van der Waals surface area contributed by atoms with Gasteiger partial charge in [-0.3, -0.25) is 9.59 Å². The van der Waals surface area contributed by atoms with Crippen LogP contribution in [0.1, 0.15) is 29.5 Å². The topological polar surface area (TPSA) is 84.5 Å². The summed E-state index contributed by atoms with van der Waals surface area (Å²) in [5, 5.41) is 5.28. The van der Waals surface area contributed by atoms with Crippen LogP contribution in [0.4, 0.5) is 0 Å². The summed E-state index contributed by atoms with van der Waals surface area (Å²) in [6, 6.07) is 4.57. The summed E-state index contributed by atoms with van der Waals surface area (Å²) in [4.78, 5) is 35.4. The molecule has 23 heavy (non-hydrogen) atoms. The van der Waals surface area contributed by atoms with Crippen LogP contribution >= 0.6 is 0 Å². The lowest BCUT2D eigenvalue weighted by Gasteiger charge is -2.19. The van der Waals surface area contributed by atoms with E-state index in [1.165, 1.54) is 12.7 Å². The Labute approximate surface area is 135 Å². The molecule has 1 aromatic rings. The van der Waals surface area contributed by atoms with Gasteiger partial charge in [0.25, 0.3) is 0 Å². The molecule has 0 radical (unpaired) electrons. The molecule has 1 saturated heterocycles. The van der Waals surface area contributed by atoms with Gasteiger partial charge in [-0.05, 0) is 37.0 Å². The van der Waals surface area contributed by atoms with Crippen LogP contribution in [-0.2, 0) is 25.5 Å². The molecule has 1 fully saturated rings. The van der Waals surface area contributed by atoms with Crippen LogP contribution in [0.25, 0.3) is 0 Å². The lowest BCUT2D eigenvalue weighted by molar-refractivity contribution is -0.145. The fraction of sp³-hybridized carbons (Fsp3) is 0.471. The second kappa shape index (κ2) is 7.26. The third kappa shape index (κ3) is 4.31. The summed E-state index contributed by atoms with van der Waals surface area (Å²) < 4.78 is 4.78. The van der Waals surface area contributed by atoms with Gasteiger partial charge in [0.2, 0.25) is 11.8 Å². The molecule has 124 valence electrons. The van der Waals surface area contributed by atoms with Crippen molar-refractivity contribution in [2.75, 3.05) is 7.11 Å². The van der Waals surface area contributed by atoms with Gasteiger partial charge >= 0.3 is 5.97 Å². The average molecular weight is 318 g/mol. The number of carbonyl (C=O) groups excluding carboxylic acids is 3. The number of rotatable bonds is 5. The molecule has 0 spiro atoms. The summed E-state index contributed by atoms with van der Waals surface area (Å²) in [5.41, 5.74) is 3.24. The van der Waals surface area contributed by atoms with E-state index in [1.807, 2.05) is 32.0 Å². The van der Waals surface area contributed by atoms with E-state index < -0.39 is 18.1 Å². The highest BCUT2D eigenvalue weighted by Crippen LogP contribution is 2.13. The van der Waals surface area contributed by atoms with Crippen LogP contribution < -0.4 is 10.6 Å². The monoisotopic (exact) mass is 318 g/mol. The van der Waals surface area contributed by atoms with Crippen LogP contribution in [0.15, 0.2) is 18.2 Å². The van der Waals surface area contributed by atoms with Gasteiger partial charge in [0, 0.05) is 12.8 Å². The molecule has 2 amide bonds. The Balaban J connectivity index is 2.07. The van der Waals surface area contributed by atoms with E-state index in [2.05, 4.69) is 10.6 Å². The van der Waals surface area contributed by atoms with Crippen molar-refractivity contribution in [3.8, 4) is 0 Å². The zero-order valence-electron chi connectivity index (χ0n) is 13.6. The van der Waals surface area contributed by atoms with E-state index in [0.29, 0.717) is 19.3 Å². The molecule has 1 aliphatic rings. The number of methoxy groups -OCH3 is 1. The zero-order chi connectivity index (χ0) is 17.0. The number of esters is 1. The Morgan fingerprint density at radius 1 is 1.35 bits per heavy atom. The van der Waals surface area contributed by atoms with Gasteiger partial charge in [-0.2, -0.15) is 0 Å². The van der Waals surface area contributed by atoms with Gasteiger partial charge in [-0.25, -0.2) is 4.79 Å². The van der Waals surface area contributed by atoms with Crippen molar-refractivity contribution in [3.63, 3.8) is 0 Å². The molecule has 0 saturated carbocycles. The van der Waals surface area contributed by atoms with Crippen LogP contribution in [0.2, 0.25) is 0 Å². The van der Waals surface area contributed by atoms with Crippen molar-refractivity contribution in [1.82, 2.24) is 10.6 Å². The fourth-order valence-electron chi connectivity index (χ4n) is 2.58. The maximum atomic E-state index is 12.2. The molecule has 1 aromatic carbocycles. The maximum Gasteiger partial charge on any atom is 0.328 e. The first-order chi connectivity index (χ1) is 10.9. The Kier molecular flexibility index (Phi) is 5.36. The predicted molar refractivity (Wildman–Crippen MR) is 84.7 cm³/mol. The van der Waals surface area contributed by atoms with E-state index in [1.54, 1.807) is 0 Å². The predicted octanol–water partition coefficient (Wildman–Crippen LogP) is 0.782. The Bertz CT molecular complexity index is 627. The first-order valence-corrected chi connectivity index (χ1v) is 7.64. The highest BCUT2D eigenvalue weighted by Gasteiger charge is 2.30. The zero-order valence-corrected chi connectivity index (χ0v) is 13.6. The Morgan fingerprint density at radius 2 is 2.09 bits per heavy atom. The van der Waals surface area contributed by atoms with Gasteiger partial charge in [0.1, 0.15) is 12.1 Å². The fourth-order valence-corrected chi connectivity index (χ4v) is 2.58. The van der Waals surface area contributed by atoms with Crippen LogP contribution in [0.5, 0.6) is 0 Å². The van der Waals surface area contributed by atoms with E-state index in [0.717, 1.165) is 11.1 Å². The molecular formula is C17H22N2O4. The normalized spacial score (nSPS) is 18.2.